The molecule has 1 aliphatic rings. The van der Waals surface area contributed by atoms with E-state index in [0.717, 1.165) is 12.8 Å². The maximum absolute atomic E-state index is 12.4. The summed E-state index contributed by atoms with van der Waals surface area (Å²) in [4.78, 5) is 37.6. The summed E-state index contributed by atoms with van der Waals surface area (Å²) in [6.07, 6.45) is 2.19. The average Bonchev–Trinajstić information content (AvgIpc) is 2.94. The van der Waals surface area contributed by atoms with Gasteiger partial charge in [-0.15, -0.1) is 0 Å². The lowest BCUT2D eigenvalue weighted by Gasteiger charge is -2.31. The molecular weight excluding hydrogens is 360 g/mol. The van der Waals surface area contributed by atoms with Gasteiger partial charge < -0.3 is 14.1 Å². The van der Waals surface area contributed by atoms with Gasteiger partial charge in [0.05, 0.1) is 12.6 Å². The van der Waals surface area contributed by atoms with Gasteiger partial charge in [0.1, 0.15) is 0 Å². The van der Waals surface area contributed by atoms with Gasteiger partial charge in [0.15, 0.2) is 5.58 Å². The van der Waals surface area contributed by atoms with Crippen molar-refractivity contribution in [3.63, 3.8) is 0 Å². The number of likely N-dealkylation sites (tertiary alicyclic amines) is 1. The van der Waals surface area contributed by atoms with Gasteiger partial charge >= 0.3 is 11.7 Å². The molecule has 1 aromatic heterocycles. The Morgan fingerprint density at radius 3 is 2.73 bits per heavy atom. The van der Waals surface area contributed by atoms with Crippen LogP contribution in [-0.2, 0) is 20.9 Å². The predicted octanol–water partition coefficient (Wildman–Crippen LogP) is 2.44. The zero-order valence-electron chi connectivity index (χ0n) is 14.6. The SMILES string of the molecule is COC(=O)CC1CCN(C(=O)CCn2c(=O)oc3cc(Cl)ccc32)CC1. The van der Waals surface area contributed by atoms with Gasteiger partial charge in [0.2, 0.25) is 5.91 Å². The number of piperidine rings is 1. The summed E-state index contributed by atoms with van der Waals surface area (Å²) in [5, 5.41) is 0.490. The number of nitrogens with zero attached hydrogens (tertiary/aromatic N) is 2. The number of oxazole rings is 1. The Kier molecular flexibility index (Phi) is 5.66. The van der Waals surface area contributed by atoms with E-state index in [-0.39, 0.29) is 30.8 Å². The number of carbonyl (C=O) groups is 2. The highest BCUT2D eigenvalue weighted by atomic mass is 35.5. The smallest absolute Gasteiger partial charge is 0.419 e. The third kappa shape index (κ3) is 4.09. The number of fused-ring (bicyclic) bond motifs is 1. The highest BCUT2D eigenvalue weighted by Crippen LogP contribution is 2.22. The van der Waals surface area contributed by atoms with Gasteiger partial charge in [-0.05, 0) is 30.9 Å². The van der Waals surface area contributed by atoms with Gasteiger partial charge in [-0.3, -0.25) is 14.2 Å². The summed E-state index contributed by atoms with van der Waals surface area (Å²) in [7, 11) is 1.39. The van der Waals surface area contributed by atoms with Gasteiger partial charge in [0.25, 0.3) is 0 Å². The summed E-state index contributed by atoms with van der Waals surface area (Å²) >= 11 is 5.90. The second-order valence-electron chi connectivity index (χ2n) is 6.49. The largest absolute Gasteiger partial charge is 0.469 e. The average molecular weight is 381 g/mol. The van der Waals surface area contributed by atoms with Crippen molar-refractivity contribution in [2.75, 3.05) is 20.2 Å². The van der Waals surface area contributed by atoms with Crippen LogP contribution in [0, 0.1) is 5.92 Å². The number of ether oxygens (including phenoxy) is 1. The third-order valence-corrected chi connectivity index (χ3v) is 5.06. The lowest BCUT2D eigenvalue weighted by molar-refractivity contribution is -0.142. The number of benzene rings is 1. The van der Waals surface area contributed by atoms with Gasteiger partial charge in [-0.1, -0.05) is 11.6 Å². The molecule has 0 aliphatic carbocycles. The van der Waals surface area contributed by atoms with Crippen molar-refractivity contribution >= 4 is 34.6 Å². The summed E-state index contributed by atoms with van der Waals surface area (Å²) in [6, 6.07) is 4.98. The Morgan fingerprint density at radius 2 is 2.04 bits per heavy atom. The van der Waals surface area contributed by atoms with Crippen molar-refractivity contribution in [3.05, 3.63) is 33.8 Å². The number of halogens is 1. The molecule has 0 radical (unpaired) electrons. The molecule has 0 N–H and O–H groups in total. The molecule has 1 aromatic carbocycles. The van der Waals surface area contributed by atoms with Crippen LogP contribution < -0.4 is 5.76 Å². The van der Waals surface area contributed by atoms with Crippen LogP contribution in [0.15, 0.2) is 27.4 Å². The molecule has 2 heterocycles. The molecule has 0 atom stereocenters. The van der Waals surface area contributed by atoms with Gasteiger partial charge in [-0.25, -0.2) is 4.79 Å². The second-order valence-corrected chi connectivity index (χ2v) is 6.92. The molecule has 0 unspecified atom stereocenters. The molecule has 0 saturated carbocycles. The molecular formula is C18H21ClN2O5. The number of carbonyl (C=O) groups excluding carboxylic acids is 2. The molecule has 0 spiro atoms. The van der Waals surface area contributed by atoms with E-state index in [1.165, 1.54) is 11.7 Å². The highest BCUT2D eigenvalue weighted by molar-refractivity contribution is 6.31. The fourth-order valence-electron chi connectivity index (χ4n) is 3.32. The van der Waals surface area contributed by atoms with Crippen molar-refractivity contribution in [1.82, 2.24) is 9.47 Å². The normalized spacial score (nSPS) is 15.4. The molecule has 140 valence electrons. The first kappa shape index (κ1) is 18.5. The predicted molar refractivity (Wildman–Crippen MR) is 96.0 cm³/mol. The molecule has 8 heteroatoms. The van der Waals surface area contributed by atoms with Gasteiger partial charge in [-0.2, -0.15) is 0 Å². The monoisotopic (exact) mass is 380 g/mol. The van der Waals surface area contributed by atoms with Crippen LogP contribution in [0.25, 0.3) is 11.1 Å². The topological polar surface area (TPSA) is 81.8 Å². The van der Waals surface area contributed by atoms with E-state index in [1.807, 2.05) is 0 Å². The van der Waals surface area contributed by atoms with Crippen LogP contribution in [0.1, 0.15) is 25.7 Å². The number of esters is 1. The van der Waals surface area contributed by atoms with Crippen molar-refractivity contribution < 1.29 is 18.7 Å². The highest BCUT2D eigenvalue weighted by Gasteiger charge is 2.24. The minimum Gasteiger partial charge on any atom is -0.469 e. The van der Waals surface area contributed by atoms with Crippen LogP contribution in [0.2, 0.25) is 5.02 Å². The molecule has 1 fully saturated rings. The van der Waals surface area contributed by atoms with Crippen molar-refractivity contribution in [3.8, 4) is 0 Å². The van der Waals surface area contributed by atoms with Crippen LogP contribution in [0.4, 0.5) is 0 Å². The van der Waals surface area contributed by atoms with E-state index in [0.29, 0.717) is 35.6 Å². The van der Waals surface area contributed by atoms with Crippen LogP contribution in [0.5, 0.6) is 0 Å². The number of aryl methyl sites for hydroxylation is 1. The van der Waals surface area contributed by atoms with E-state index in [2.05, 4.69) is 0 Å². The molecule has 0 bridgehead atoms. The number of hydrogen-bond acceptors (Lipinski definition) is 5. The lowest BCUT2D eigenvalue weighted by Crippen LogP contribution is -2.39. The van der Waals surface area contributed by atoms with Gasteiger partial charge in [0, 0.05) is 43.6 Å². The van der Waals surface area contributed by atoms with Crippen molar-refractivity contribution in [2.45, 2.75) is 32.2 Å². The Morgan fingerprint density at radius 1 is 1.31 bits per heavy atom. The summed E-state index contributed by atoms with van der Waals surface area (Å²) in [6.45, 7) is 1.50. The number of aromatic nitrogens is 1. The minimum atomic E-state index is -0.494. The quantitative estimate of drug-likeness (QED) is 0.744. The van der Waals surface area contributed by atoms with Crippen LogP contribution in [-0.4, -0.2) is 41.5 Å². The zero-order chi connectivity index (χ0) is 18.7. The fraction of sp³-hybridized carbons (Fsp3) is 0.500. The van der Waals surface area contributed by atoms with E-state index in [9.17, 15) is 14.4 Å². The fourth-order valence-corrected chi connectivity index (χ4v) is 3.49. The second kappa shape index (κ2) is 7.95. The standard InChI is InChI=1S/C18H21ClN2O5/c1-25-17(23)10-12-4-7-20(8-5-12)16(22)6-9-21-14-3-2-13(19)11-15(14)26-18(21)24/h2-3,11-12H,4-10H2,1H3. The molecule has 7 nitrogen and oxygen atoms in total. The maximum Gasteiger partial charge on any atom is 0.419 e. The van der Waals surface area contributed by atoms with Crippen LogP contribution in [0.3, 0.4) is 0 Å². The molecule has 26 heavy (non-hydrogen) atoms. The molecule has 3 rings (SSSR count). The molecule has 1 saturated heterocycles. The Hall–Kier alpha value is -2.28. The first-order chi connectivity index (χ1) is 12.5. The van der Waals surface area contributed by atoms with E-state index in [1.54, 1.807) is 23.1 Å². The Labute approximate surface area is 155 Å². The number of amides is 1. The first-order valence-electron chi connectivity index (χ1n) is 8.61. The third-order valence-electron chi connectivity index (χ3n) is 4.83. The molecule has 1 aliphatic heterocycles. The number of methoxy groups -OCH3 is 1. The summed E-state index contributed by atoms with van der Waals surface area (Å²) in [5.74, 6) is -0.443. The Bertz CT molecular complexity index is 864. The zero-order valence-corrected chi connectivity index (χ0v) is 15.3. The lowest BCUT2D eigenvalue weighted by atomic mass is 9.93. The van der Waals surface area contributed by atoms with E-state index in [4.69, 9.17) is 20.8 Å². The summed E-state index contributed by atoms with van der Waals surface area (Å²) in [5.41, 5.74) is 1.04. The van der Waals surface area contributed by atoms with E-state index < -0.39 is 5.76 Å². The van der Waals surface area contributed by atoms with Crippen LogP contribution >= 0.6 is 11.6 Å². The van der Waals surface area contributed by atoms with Crippen molar-refractivity contribution in [1.29, 1.82) is 0 Å². The molecule has 2 aromatic rings. The van der Waals surface area contributed by atoms with Crippen molar-refractivity contribution in [2.24, 2.45) is 5.92 Å². The minimum absolute atomic E-state index is 0.00303. The number of hydrogen-bond donors (Lipinski definition) is 0. The maximum atomic E-state index is 12.4. The first-order valence-corrected chi connectivity index (χ1v) is 8.99. The molecule has 1 amide bonds. The van der Waals surface area contributed by atoms with E-state index >= 15 is 0 Å². The summed E-state index contributed by atoms with van der Waals surface area (Å²) < 4.78 is 11.3. The number of rotatable bonds is 5. The Balaban J connectivity index is 1.56.